The molecule has 0 amide bonds. The fourth-order valence-corrected chi connectivity index (χ4v) is 1.77. The van der Waals surface area contributed by atoms with Crippen molar-refractivity contribution in [2.75, 3.05) is 19.0 Å². The number of benzene rings is 1. The number of nitrogens with one attached hydrogen (secondary N) is 1. The Labute approximate surface area is 108 Å². The van der Waals surface area contributed by atoms with Crippen LogP contribution in [-0.4, -0.2) is 24.1 Å². The quantitative estimate of drug-likeness (QED) is 0.868. The predicted octanol–water partition coefficient (Wildman–Crippen LogP) is 1.83. The summed E-state index contributed by atoms with van der Waals surface area (Å²) in [6.07, 6.45) is 3.72. The SMILES string of the molecule is CNCc1cnc(N(C)Cc2ccccc2)nc1. The van der Waals surface area contributed by atoms with Crippen molar-refractivity contribution in [3.8, 4) is 0 Å². The van der Waals surface area contributed by atoms with Crippen LogP contribution in [0.4, 0.5) is 5.95 Å². The van der Waals surface area contributed by atoms with E-state index in [9.17, 15) is 0 Å². The van der Waals surface area contributed by atoms with Crippen LogP contribution in [0.3, 0.4) is 0 Å². The van der Waals surface area contributed by atoms with E-state index >= 15 is 0 Å². The maximum atomic E-state index is 4.37. The molecule has 1 aromatic carbocycles. The molecular weight excluding hydrogens is 224 g/mol. The third-order valence-electron chi connectivity index (χ3n) is 2.68. The van der Waals surface area contributed by atoms with Crippen molar-refractivity contribution in [3.63, 3.8) is 0 Å². The van der Waals surface area contributed by atoms with Gasteiger partial charge >= 0.3 is 0 Å². The molecule has 0 atom stereocenters. The highest BCUT2D eigenvalue weighted by Crippen LogP contribution is 2.09. The second-order valence-electron chi connectivity index (χ2n) is 4.26. The highest BCUT2D eigenvalue weighted by Gasteiger charge is 2.04. The number of aromatic nitrogens is 2. The molecule has 1 N–H and O–H groups in total. The molecule has 0 aliphatic heterocycles. The molecule has 0 radical (unpaired) electrons. The minimum Gasteiger partial charge on any atom is -0.340 e. The van der Waals surface area contributed by atoms with Crippen LogP contribution >= 0.6 is 0 Å². The van der Waals surface area contributed by atoms with Gasteiger partial charge in [-0.15, -0.1) is 0 Å². The molecular formula is C14H18N4. The van der Waals surface area contributed by atoms with Crippen LogP contribution < -0.4 is 10.2 Å². The first-order chi connectivity index (χ1) is 8.79. The third kappa shape index (κ3) is 3.28. The number of anilines is 1. The largest absolute Gasteiger partial charge is 0.340 e. The van der Waals surface area contributed by atoms with Gasteiger partial charge in [-0.05, 0) is 12.6 Å². The summed E-state index contributed by atoms with van der Waals surface area (Å²) in [5.41, 5.74) is 2.34. The first-order valence-electron chi connectivity index (χ1n) is 6.00. The average Bonchev–Trinajstić information content (AvgIpc) is 2.41. The van der Waals surface area contributed by atoms with Gasteiger partial charge in [-0.25, -0.2) is 9.97 Å². The van der Waals surface area contributed by atoms with Gasteiger partial charge in [-0.3, -0.25) is 0 Å². The zero-order valence-corrected chi connectivity index (χ0v) is 10.8. The Balaban J connectivity index is 2.02. The molecule has 0 aliphatic rings. The Morgan fingerprint density at radius 1 is 1.06 bits per heavy atom. The lowest BCUT2D eigenvalue weighted by atomic mass is 10.2. The summed E-state index contributed by atoms with van der Waals surface area (Å²) in [6.45, 7) is 1.61. The number of rotatable bonds is 5. The second-order valence-corrected chi connectivity index (χ2v) is 4.26. The van der Waals surface area contributed by atoms with E-state index in [0.29, 0.717) is 0 Å². The van der Waals surface area contributed by atoms with Crippen LogP contribution in [0.1, 0.15) is 11.1 Å². The van der Waals surface area contributed by atoms with E-state index < -0.39 is 0 Å². The molecule has 0 unspecified atom stereocenters. The molecule has 2 rings (SSSR count). The normalized spacial score (nSPS) is 10.3. The van der Waals surface area contributed by atoms with E-state index in [-0.39, 0.29) is 0 Å². The van der Waals surface area contributed by atoms with E-state index in [1.807, 2.05) is 49.6 Å². The smallest absolute Gasteiger partial charge is 0.225 e. The van der Waals surface area contributed by atoms with Gasteiger partial charge < -0.3 is 10.2 Å². The van der Waals surface area contributed by atoms with Crippen molar-refractivity contribution in [3.05, 3.63) is 53.9 Å². The fourth-order valence-electron chi connectivity index (χ4n) is 1.77. The summed E-state index contributed by atoms with van der Waals surface area (Å²) in [5.74, 6) is 0.749. The highest BCUT2D eigenvalue weighted by molar-refractivity contribution is 5.31. The van der Waals surface area contributed by atoms with Crippen LogP contribution in [0.5, 0.6) is 0 Å². The van der Waals surface area contributed by atoms with Crippen molar-refractivity contribution in [2.24, 2.45) is 0 Å². The third-order valence-corrected chi connectivity index (χ3v) is 2.68. The van der Waals surface area contributed by atoms with Gasteiger partial charge in [0.25, 0.3) is 0 Å². The molecule has 0 aliphatic carbocycles. The summed E-state index contributed by atoms with van der Waals surface area (Å²) in [7, 11) is 3.91. The number of nitrogens with zero attached hydrogens (tertiary/aromatic N) is 3. The minimum atomic E-state index is 0.749. The van der Waals surface area contributed by atoms with Gasteiger partial charge in [0.2, 0.25) is 5.95 Å². The van der Waals surface area contributed by atoms with Gasteiger partial charge in [0, 0.05) is 38.1 Å². The molecule has 0 saturated heterocycles. The number of hydrogen-bond acceptors (Lipinski definition) is 4. The van der Waals surface area contributed by atoms with Crippen molar-refractivity contribution in [1.29, 1.82) is 0 Å². The molecule has 4 nitrogen and oxygen atoms in total. The van der Waals surface area contributed by atoms with Gasteiger partial charge in [-0.2, -0.15) is 0 Å². The summed E-state index contributed by atoms with van der Waals surface area (Å²) in [4.78, 5) is 10.8. The van der Waals surface area contributed by atoms with E-state index in [0.717, 1.165) is 24.6 Å². The van der Waals surface area contributed by atoms with Crippen LogP contribution in [0, 0.1) is 0 Å². The maximum absolute atomic E-state index is 4.37. The zero-order valence-electron chi connectivity index (χ0n) is 10.8. The lowest BCUT2D eigenvalue weighted by Crippen LogP contribution is -2.19. The summed E-state index contributed by atoms with van der Waals surface area (Å²) >= 11 is 0. The van der Waals surface area contributed by atoms with E-state index in [4.69, 9.17) is 0 Å². The van der Waals surface area contributed by atoms with E-state index in [1.165, 1.54) is 5.56 Å². The van der Waals surface area contributed by atoms with Crippen LogP contribution in [-0.2, 0) is 13.1 Å². The second kappa shape index (κ2) is 6.12. The molecule has 0 fully saturated rings. The molecule has 94 valence electrons. The first kappa shape index (κ1) is 12.5. The van der Waals surface area contributed by atoms with Crippen LogP contribution in [0.2, 0.25) is 0 Å². The molecule has 4 heteroatoms. The summed E-state index contributed by atoms with van der Waals surface area (Å²) in [5, 5.41) is 3.08. The Morgan fingerprint density at radius 2 is 1.72 bits per heavy atom. The number of hydrogen-bond donors (Lipinski definition) is 1. The topological polar surface area (TPSA) is 41.1 Å². The van der Waals surface area contributed by atoms with E-state index in [1.54, 1.807) is 0 Å². The molecule has 1 aromatic heterocycles. The van der Waals surface area contributed by atoms with Gasteiger partial charge in [0.15, 0.2) is 0 Å². The Morgan fingerprint density at radius 3 is 2.33 bits per heavy atom. The lowest BCUT2D eigenvalue weighted by Gasteiger charge is -2.17. The van der Waals surface area contributed by atoms with Crippen molar-refractivity contribution in [2.45, 2.75) is 13.1 Å². The zero-order chi connectivity index (χ0) is 12.8. The molecule has 0 bridgehead atoms. The molecule has 1 heterocycles. The standard InChI is InChI=1S/C14H18N4/c1-15-8-13-9-16-14(17-10-13)18(2)11-12-6-4-3-5-7-12/h3-7,9-10,15H,8,11H2,1-2H3. The average molecular weight is 242 g/mol. The van der Waals surface area contributed by atoms with Gasteiger partial charge in [0.05, 0.1) is 0 Å². The van der Waals surface area contributed by atoms with Crippen LogP contribution in [0.15, 0.2) is 42.7 Å². The Kier molecular flexibility index (Phi) is 4.25. The van der Waals surface area contributed by atoms with Crippen LogP contribution in [0.25, 0.3) is 0 Å². The monoisotopic (exact) mass is 242 g/mol. The minimum absolute atomic E-state index is 0.749. The maximum Gasteiger partial charge on any atom is 0.225 e. The lowest BCUT2D eigenvalue weighted by molar-refractivity contribution is 0.797. The Hall–Kier alpha value is -1.94. The predicted molar refractivity (Wildman–Crippen MR) is 73.3 cm³/mol. The molecule has 0 spiro atoms. The Bertz CT molecular complexity index is 467. The van der Waals surface area contributed by atoms with E-state index in [2.05, 4.69) is 27.4 Å². The van der Waals surface area contributed by atoms with Gasteiger partial charge in [-0.1, -0.05) is 30.3 Å². The molecule has 2 aromatic rings. The van der Waals surface area contributed by atoms with Gasteiger partial charge in [0.1, 0.15) is 0 Å². The fraction of sp³-hybridized carbons (Fsp3) is 0.286. The highest BCUT2D eigenvalue weighted by atomic mass is 15.2. The van der Waals surface area contributed by atoms with Crippen molar-refractivity contribution >= 4 is 5.95 Å². The molecule has 0 saturated carbocycles. The summed E-state index contributed by atoms with van der Waals surface area (Å²) in [6, 6.07) is 10.3. The molecule has 18 heavy (non-hydrogen) atoms. The van der Waals surface area contributed by atoms with Crippen molar-refractivity contribution < 1.29 is 0 Å². The van der Waals surface area contributed by atoms with Crippen molar-refractivity contribution in [1.82, 2.24) is 15.3 Å². The summed E-state index contributed by atoms with van der Waals surface area (Å²) < 4.78 is 0. The first-order valence-corrected chi connectivity index (χ1v) is 6.00.